The lowest BCUT2D eigenvalue weighted by Gasteiger charge is -2.32. The lowest BCUT2D eigenvalue weighted by atomic mass is 10.1. The predicted octanol–water partition coefficient (Wildman–Crippen LogP) is 3.68. The second-order valence-corrected chi connectivity index (χ2v) is 6.86. The maximum absolute atomic E-state index is 12.5. The Labute approximate surface area is 165 Å². The molecule has 1 aliphatic heterocycles. The third-order valence-electron chi connectivity index (χ3n) is 4.66. The van der Waals surface area contributed by atoms with Gasteiger partial charge < -0.3 is 20.3 Å². The van der Waals surface area contributed by atoms with Crippen LogP contribution in [0.3, 0.4) is 0 Å². The van der Waals surface area contributed by atoms with Gasteiger partial charge in [-0.25, -0.2) is 4.79 Å². The summed E-state index contributed by atoms with van der Waals surface area (Å²) in [7, 11) is 0. The first-order valence-corrected chi connectivity index (χ1v) is 9.57. The van der Waals surface area contributed by atoms with Crippen LogP contribution < -0.4 is 10.6 Å². The van der Waals surface area contributed by atoms with Crippen LogP contribution in [0.25, 0.3) is 0 Å². The molecule has 2 N–H and O–H groups in total. The molecule has 0 spiro atoms. The fourth-order valence-electron chi connectivity index (χ4n) is 3.22. The van der Waals surface area contributed by atoms with E-state index in [1.54, 1.807) is 17.2 Å². The maximum atomic E-state index is 12.5. The molecule has 0 unspecified atom stereocenters. The van der Waals surface area contributed by atoms with E-state index < -0.39 is 0 Å². The molecule has 148 valence electrons. The zero-order valence-corrected chi connectivity index (χ0v) is 16.3. The number of nitrogens with one attached hydrogen (secondary N) is 2. The highest BCUT2D eigenvalue weighted by Gasteiger charge is 2.23. The third-order valence-corrected chi connectivity index (χ3v) is 4.66. The van der Waals surface area contributed by atoms with E-state index in [9.17, 15) is 9.59 Å². The van der Waals surface area contributed by atoms with Gasteiger partial charge in [0.1, 0.15) is 5.69 Å². The summed E-state index contributed by atoms with van der Waals surface area (Å²) in [6, 6.07) is 11.5. The number of aryl methyl sites for hydroxylation is 1. The molecule has 1 aliphatic rings. The average Bonchev–Trinajstić information content (AvgIpc) is 2.69. The number of hydrogen-bond acceptors (Lipinski definition) is 5. The standard InChI is InChI=1S/C21H26N4O3/c1-3-28-21(27)25-11-8-16(9-12-25)23-18-7-10-22-19(14-18)20(26)24-17-6-4-5-15(2)13-17/h4-7,10,13-14,16H,3,8-9,11-12H2,1-2H3,(H,22,23)(H,24,26). The number of hydrogen-bond donors (Lipinski definition) is 2. The highest BCUT2D eigenvalue weighted by molar-refractivity contribution is 6.03. The molecule has 0 radical (unpaired) electrons. The summed E-state index contributed by atoms with van der Waals surface area (Å²) in [5, 5.41) is 6.31. The Morgan fingerprint density at radius 1 is 1.18 bits per heavy atom. The summed E-state index contributed by atoms with van der Waals surface area (Å²) in [5.74, 6) is -0.244. The van der Waals surface area contributed by atoms with E-state index in [1.165, 1.54) is 0 Å². The van der Waals surface area contributed by atoms with Crippen molar-refractivity contribution < 1.29 is 14.3 Å². The van der Waals surface area contributed by atoms with Crippen molar-refractivity contribution in [2.24, 2.45) is 0 Å². The lowest BCUT2D eigenvalue weighted by molar-refractivity contribution is 0.0981. The van der Waals surface area contributed by atoms with Crippen LogP contribution in [0.15, 0.2) is 42.6 Å². The number of ether oxygens (including phenoxy) is 1. The van der Waals surface area contributed by atoms with Gasteiger partial charge in [-0.2, -0.15) is 0 Å². The first-order valence-electron chi connectivity index (χ1n) is 9.57. The second-order valence-electron chi connectivity index (χ2n) is 6.86. The zero-order valence-electron chi connectivity index (χ0n) is 16.3. The Morgan fingerprint density at radius 2 is 1.96 bits per heavy atom. The molecule has 2 aromatic rings. The van der Waals surface area contributed by atoms with Gasteiger partial charge in [-0.1, -0.05) is 12.1 Å². The fraction of sp³-hybridized carbons (Fsp3) is 0.381. The van der Waals surface area contributed by atoms with Crippen LogP contribution in [-0.4, -0.2) is 47.6 Å². The zero-order chi connectivity index (χ0) is 19.9. The molecule has 1 saturated heterocycles. The summed E-state index contributed by atoms with van der Waals surface area (Å²) < 4.78 is 5.05. The van der Waals surface area contributed by atoms with Gasteiger partial charge in [0.05, 0.1) is 6.61 Å². The average molecular weight is 382 g/mol. The number of piperidine rings is 1. The lowest BCUT2D eigenvalue weighted by Crippen LogP contribution is -2.42. The minimum atomic E-state index is -0.250. The van der Waals surface area contributed by atoms with Gasteiger partial charge in [0.25, 0.3) is 5.91 Å². The van der Waals surface area contributed by atoms with Crippen LogP contribution in [-0.2, 0) is 4.74 Å². The number of nitrogens with zero attached hydrogens (tertiary/aromatic N) is 2. The molecule has 3 rings (SSSR count). The minimum Gasteiger partial charge on any atom is -0.450 e. The van der Waals surface area contributed by atoms with Crippen molar-refractivity contribution in [2.75, 3.05) is 30.3 Å². The molecule has 0 aliphatic carbocycles. The number of carbonyl (C=O) groups excluding carboxylic acids is 2. The molecule has 0 atom stereocenters. The monoisotopic (exact) mass is 382 g/mol. The Morgan fingerprint density at radius 3 is 2.68 bits per heavy atom. The summed E-state index contributed by atoms with van der Waals surface area (Å²) in [6.45, 7) is 5.49. The molecular weight excluding hydrogens is 356 g/mol. The van der Waals surface area contributed by atoms with Crippen LogP contribution in [0.4, 0.5) is 16.2 Å². The SMILES string of the molecule is CCOC(=O)N1CCC(Nc2ccnc(C(=O)Nc3cccc(C)c3)c2)CC1. The van der Waals surface area contributed by atoms with Gasteiger partial charge in [-0.05, 0) is 56.5 Å². The highest BCUT2D eigenvalue weighted by atomic mass is 16.6. The fourth-order valence-corrected chi connectivity index (χ4v) is 3.22. The summed E-state index contributed by atoms with van der Waals surface area (Å²) in [5.41, 5.74) is 3.03. The Bertz CT molecular complexity index is 832. The molecule has 7 nitrogen and oxygen atoms in total. The molecule has 1 fully saturated rings. The van der Waals surface area contributed by atoms with E-state index in [4.69, 9.17) is 4.74 Å². The molecule has 1 aromatic heterocycles. The highest BCUT2D eigenvalue weighted by Crippen LogP contribution is 2.18. The van der Waals surface area contributed by atoms with Crippen molar-refractivity contribution in [3.8, 4) is 0 Å². The smallest absolute Gasteiger partial charge is 0.409 e. The minimum absolute atomic E-state index is 0.237. The molecular formula is C21H26N4O3. The van der Waals surface area contributed by atoms with Gasteiger partial charge in [0.2, 0.25) is 0 Å². The molecule has 28 heavy (non-hydrogen) atoms. The van der Waals surface area contributed by atoms with E-state index in [1.807, 2.05) is 44.2 Å². The third kappa shape index (κ3) is 5.22. The first kappa shape index (κ1) is 19.7. The predicted molar refractivity (Wildman–Crippen MR) is 109 cm³/mol. The number of pyridine rings is 1. The van der Waals surface area contributed by atoms with Crippen LogP contribution in [0.5, 0.6) is 0 Å². The van der Waals surface area contributed by atoms with Crippen molar-refractivity contribution in [1.29, 1.82) is 0 Å². The number of aromatic nitrogens is 1. The molecule has 7 heteroatoms. The molecule has 0 bridgehead atoms. The number of benzene rings is 1. The summed E-state index contributed by atoms with van der Waals surface area (Å²) >= 11 is 0. The van der Waals surface area contributed by atoms with Crippen molar-refractivity contribution in [2.45, 2.75) is 32.7 Å². The number of likely N-dealkylation sites (tertiary alicyclic amines) is 1. The number of amides is 2. The van der Waals surface area contributed by atoms with Crippen LogP contribution in [0.2, 0.25) is 0 Å². The number of anilines is 2. The van der Waals surface area contributed by atoms with E-state index in [2.05, 4.69) is 15.6 Å². The van der Waals surface area contributed by atoms with Crippen molar-refractivity contribution in [3.05, 3.63) is 53.9 Å². The van der Waals surface area contributed by atoms with Crippen LogP contribution in [0, 0.1) is 6.92 Å². The Kier molecular flexibility index (Phi) is 6.47. The first-order chi connectivity index (χ1) is 13.5. The van der Waals surface area contributed by atoms with Gasteiger partial charge >= 0.3 is 6.09 Å². The van der Waals surface area contributed by atoms with Crippen molar-refractivity contribution in [1.82, 2.24) is 9.88 Å². The molecule has 1 aromatic carbocycles. The Balaban J connectivity index is 1.56. The summed E-state index contributed by atoms with van der Waals surface area (Å²) in [4.78, 5) is 30.2. The van der Waals surface area contributed by atoms with E-state index in [0.29, 0.717) is 25.4 Å². The normalized spacial score (nSPS) is 14.4. The van der Waals surface area contributed by atoms with E-state index in [-0.39, 0.29) is 18.0 Å². The molecule has 0 saturated carbocycles. The topological polar surface area (TPSA) is 83.6 Å². The number of carbonyl (C=O) groups is 2. The Hall–Kier alpha value is -3.09. The van der Waals surface area contributed by atoms with Gasteiger partial charge in [-0.15, -0.1) is 0 Å². The quantitative estimate of drug-likeness (QED) is 0.824. The second kappa shape index (κ2) is 9.21. The van der Waals surface area contributed by atoms with E-state index >= 15 is 0 Å². The molecule has 2 amide bonds. The van der Waals surface area contributed by atoms with Gasteiger partial charge in [-0.3, -0.25) is 9.78 Å². The van der Waals surface area contributed by atoms with Gasteiger partial charge in [0, 0.05) is 36.7 Å². The molecule has 2 heterocycles. The largest absolute Gasteiger partial charge is 0.450 e. The van der Waals surface area contributed by atoms with Crippen molar-refractivity contribution in [3.63, 3.8) is 0 Å². The number of rotatable bonds is 5. The van der Waals surface area contributed by atoms with Crippen LogP contribution >= 0.6 is 0 Å². The van der Waals surface area contributed by atoms with E-state index in [0.717, 1.165) is 29.8 Å². The van der Waals surface area contributed by atoms with Crippen LogP contribution in [0.1, 0.15) is 35.8 Å². The van der Waals surface area contributed by atoms with Gasteiger partial charge in [0.15, 0.2) is 0 Å². The van der Waals surface area contributed by atoms with Crippen molar-refractivity contribution >= 4 is 23.4 Å². The maximum Gasteiger partial charge on any atom is 0.409 e. The summed E-state index contributed by atoms with van der Waals surface area (Å²) in [6.07, 6.45) is 3.03.